The van der Waals surface area contributed by atoms with Gasteiger partial charge in [-0.05, 0) is 31.7 Å². The summed E-state index contributed by atoms with van der Waals surface area (Å²) in [5.41, 5.74) is 2.17. The highest BCUT2D eigenvalue weighted by Crippen LogP contribution is 2.23. The van der Waals surface area contributed by atoms with E-state index in [-0.39, 0.29) is 0 Å². The minimum atomic E-state index is 0.685. The van der Waals surface area contributed by atoms with Gasteiger partial charge in [0.25, 0.3) is 0 Å². The molecule has 0 spiro atoms. The predicted octanol–water partition coefficient (Wildman–Crippen LogP) is 2.44. The summed E-state index contributed by atoms with van der Waals surface area (Å²) in [6, 6.07) is 6.12. The first kappa shape index (κ1) is 15.2. The average molecular weight is 363 g/mol. The highest BCUT2D eigenvalue weighted by molar-refractivity contribution is 9.10. The second kappa shape index (κ2) is 6.58. The number of hydrogen-bond donors (Lipinski definition) is 1. The number of nitrogens with zero attached hydrogens (tertiary/aromatic N) is 5. The Kier molecular flexibility index (Phi) is 4.54. The summed E-state index contributed by atoms with van der Waals surface area (Å²) in [5, 5.41) is 11.5. The Labute approximate surface area is 138 Å². The number of anilines is 3. The maximum absolute atomic E-state index is 4.58. The molecular weight excluding hydrogens is 344 g/mol. The molecule has 0 bridgehead atoms. The molecule has 0 atom stereocenters. The smallest absolute Gasteiger partial charge is 0.247 e. The van der Waals surface area contributed by atoms with Crippen LogP contribution in [0.5, 0.6) is 0 Å². The maximum Gasteiger partial charge on any atom is 0.247 e. The molecule has 6 nitrogen and oxygen atoms in total. The molecule has 0 aliphatic carbocycles. The van der Waals surface area contributed by atoms with Gasteiger partial charge < -0.3 is 15.1 Å². The largest absolute Gasteiger partial charge is 0.339 e. The monoisotopic (exact) mass is 362 g/mol. The van der Waals surface area contributed by atoms with Crippen molar-refractivity contribution in [1.29, 1.82) is 0 Å². The molecule has 0 radical (unpaired) electrons. The van der Waals surface area contributed by atoms with Crippen molar-refractivity contribution in [3.63, 3.8) is 0 Å². The van der Waals surface area contributed by atoms with Gasteiger partial charge in [-0.1, -0.05) is 22.0 Å². The SMILES string of the molecule is Cc1ccc(Nc2cnnc(N3CCN(C)CC3)n2)cc1Br. The Morgan fingerprint density at radius 2 is 1.95 bits per heavy atom. The standard InChI is InChI=1S/C15H19BrN6/c1-11-3-4-12(9-13(11)16)18-14-10-17-20-15(19-14)22-7-5-21(2)6-8-22/h3-4,9-10H,5-8H2,1-2H3,(H,18,19,20). The van der Waals surface area contributed by atoms with Crippen LogP contribution in [-0.4, -0.2) is 53.3 Å². The van der Waals surface area contributed by atoms with Crippen LogP contribution in [0.25, 0.3) is 0 Å². The predicted molar refractivity (Wildman–Crippen MR) is 91.7 cm³/mol. The Bertz CT molecular complexity index is 654. The minimum Gasteiger partial charge on any atom is -0.339 e. The van der Waals surface area contributed by atoms with E-state index in [1.54, 1.807) is 6.20 Å². The first-order valence-corrected chi connectivity index (χ1v) is 8.07. The van der Waals surface area contributed by atoms with Crippen molar-refractivity contribution in [3.8, 4) is 0 Å². The number of nitrogens with one attached hydrogen (secondary N) is 1. The third kappa shape index (κ3) is 3.53. The van der Waals surface area contributed by atoms with Gasteiger partial charge in [0, 0.05) is 36.3 Å². The highest BCUT2D eigenvalue weighted by atomic mass is 79.9. The zero-order valence-corrected chi connectivity index (χ0v) is 14.3. The molecule has 0 amide bonds. The van der Waals surface area contributed by atoms with Crippen LogP contribution in [0.1, 0.15) is 5.56 Å². The fraction of sp³-hybridized carbons (Fsp3) is 0.400. The number of halogens is 1. The molecule has 1 aromatic carbocycles. The molecule has 0 unspecified atom stereocenters. The summed E-state index contributed by atoms with van der Waals surface area (Å²) in [4.78, 5) is 9.05. The summed E-state index contributed by atoms with van der Waals surface area (Å²) in [7, 11) is 2.13. The topological polar surface area (TPSA) is 57.2 Å². The molecule has 1 aliphatic heterocycles. The zero-order chi connectivity index (χ0) is 15.5. The Hall–Kier alpha value is -1.73. The van der Waals surface area contributed by atoms with Crippen molar-refractivity contribution >= 4 is 33.4 Å². The number of aromatic nitrogens is 3. The van der Waals surface area contributed by atoms with Gasteiger partial charge in [0.05, 0.1) is 6.20 Å². The molecule has 3 rings (SSSR count). The molecule has 116 valence electrons. The Balaban J connectivity index is 1.74. The Morgan fingerprint density at radius 3 is 2.68 bits per heavy atom. The third-order valence-electron chi connectivity index (χ3n) is 3.78. The van der Waals surface area contributed by atoms with Crippen molar-refractivity contribution in [1.82, 2.24) is 20.1 Å². The Morgan fingerprint density at radius 1 is 1.18 bits per heavy atom. The first-order chi connectivity index (χ1) is 10.6. The molecule has 1 fully saturated rings. The van der Waals surface area contributed by atoms with Crippen LogP contribution in [0.2, 0.25) is 0 Å². The van der Waals surface area contributed by atoms with Gasteiger partial charge in [-0.15, -0.1) is 5.10 Å². The quantitative estimate of drug-likeness (QED) is 0.904. The van der Waals surface area contributed by atoms with Gasteiger partial charge in [-0.3, -0.25) is 0 Å². The van der Waals surface area contributed by atoms with Crippen molar-refractivity contribution in [3.05, 3.63) is 34.4 Å². The molecule has 2 heterocycles. The van der Waals surface area contributed by atoms with Crippen LogP contribution in [0, 0.1) is 6.92 Å². The number of rotatable bonds is 3. The maximum atomic E-state index is 4.58. The van der Waals surface area contributed by atoms with Gasteiger partial charge in [-0.2, -0.15) is 10.1 Å². The van der Waals surface area contributed by atoms with Gasteiger partial charge in [0.15, 0.2) is 5.82 Å². The first-order valence-electron chi connectivity index (χ1n) is 7.28. The second-order valence-electron chi connectivity index (χ2n) is 5.52. The van der Waals surface area contributed by atoms with E-state index in [9.17, 15) is 0 Å². The molecule has 7 heteroatoms. The van der Waals surface area contributed by atoms with E-state index in [4.69, 9.17) is 0 Å². The van der Waals surface area contributed by atoms with Gasteiger partial charge in [0.2, 0.25) is 5.95 Å². The van der Waals surface area contributed by atoms with Crippen molar-refractivity contribution in [2.45, 2.75) is 6.92 Å². The van der Waals surface area contributed by atoms with Crippen LogP contribution in [0.3, 0.4) is 0 Å². The number of piperazine rings is 1. The van der Waals surface area contributed by atoms with E-state index in [0.717, 1.165) is 36.3 Å². The molecule has 2 aromatic rings. The van der Waals surface area contributed by atoms with Crippen LogP contribution in [0.4, 0.5) is 17.5 Å². The highest BCUT2D eigenvalue weighted by Gasteiger charge is 2.17. The molecule has 1 aliphatic rings. The number of likely N-dealkylation sites (N-methyl/N-ethyl adjacent to an activating group) is 1. The van der Waals surface area contributed by atoms with E-state index < -0.39 is 0 Å². The fourth-order valence-electron chi connectivity index (χ4n) is 2.31. The van der Waals surface area contributed by atoms with Gasteiger partial charge in [0.1, 0.15) is 0 Å². The second-order valence-corrected chi connectivity index (χ2v) is 6.38. The van der Waals surface area contributed by atoms with Gasteiger partial charge in [-0.25, -0.2) is 0 Å². The molecule has 1 N–H and O–H groups in total. The van der Waals surface area contributed by atoms with E-state index in [1.807, 2.05) is 12.1 Å². The van der Waals surface area contributed by atoms with E-state index in [1.165, 1.54) is 5.56 Å². The summed E-state index contributed by atoms with van der Waals surface area (Å²) in [6.07, 6.45) is 1.65. The molecule has 22 heavy (non-hydrogen) atoms. The minimum absolute atomic E-state index is 0.685. The van der Waals surface area contributed by atoms with Crippen LogP contribution in [-0.2, 0) is 0 Å². The van der Waals surface area contributed by atoms with E-state index in [2.05, 4.69) is 66.3 Å². The number of aryl methyl sites for hydroxylation is 1. The van der Waals surface area contributed by atoms with Crippen LogP contribution < -0.4 is 10.2 Å². The summed E-state index contributed by atoms with van der Waals surface area (Å²) in [6.45, 7) is 5.96. The third-order valence-corrected chi connectivity index (χ3v) is 4.63. The van der Waals surface area contributed by atoms with Crippen molar-refractivity contribution in [2.75, 3.05) is 43.4 Å². The average Bonchev–Trinajstić information content (AvgIpc) is 2.52. The molecular formula is C15H19BrN6. The number of benzene rings is 1. The van der Waals surface area contributed by atoms with E-state index in [0.29, 0.717) is 11.8 Å². The van der Waals surface area contributed by atoms with Crippen molar-refractivity contribution in [2.24, 2.45) is 0 Å². The molecule has 1 saturated heterocycles. The lowest BCUT2D eigenvalue weighted by Crippen LogP contribution is -2.45. The van der Waals surface area contributed by atoms with Gasteiger partial charge >= 0.3 is 0 Å². The molecule has 0 saturated carbocycles. The number of hydrogen-bond acceptors (Lipinski definition) is 6. The summed E-state index contributed by atoms with van der Waals surface area (Å²) < 4.78 is 1.07. The summed E-state index contributed by atoms with van der Waals surface area (Å²) >= 11 is 3.54. The van der Waals surface area contributed by atoms with Crippen molar-refractivity contribution < 1.29 is 0 Å². The van der Waals surface area contributed by atoms with E-state index >= 15 is 0 Å². The van der Waals surface area contributed by atoms with Crippen LogP contribution >= 0.6 is 15.9 Å². The molecule has 1 aromatic heterocycles. The zero-order valence-electron chi connectivity index (χ0n) is 12.8. The lowest BCUT2D eigenvalue weighted by Gasteiger charge is -2.32. The normalized spacial score (nSPS) is 15.9. The fourth-order valence-corrected chi connectivity index (χ4v) is 2.69. The lowest BCUT2D eigenvalue weighted by atomic mass is 10.2. The van der Waals surface area contributed by atoms with Crippen LogP contribution in [0.15, 0.2) is 28.9 Å². The summed E-state index contributed by atoms with van der Waals surface area (Å²) in [5.74, 6) is 1.39. The lowest BCUT2D eigenvalue weighted by molar-refractivity contribution is 0.311.